The molecule has 0 rings (SSSR count). The molecule has 0 saturated heterocycles. The number of hydrogen-bond donors (Lipinski definition) is 5. The highest BCUT2D eigenvalue weighted by molar-refractivity contribution is 7.81. The molecule has 0 bridgehead atoms. The Morgan fingerprint density at radius 3 is 1.65 bits per heavy atom. The van der Waals surface area contributed by atoms with Gasteiger partial charge in [0.2, 0.25) is 0 Å². The summed E-state index contributed by atoms with van der Waals surface area (Å²) in [4.78, 5) is 9.92. The average molecular weight is 268 g/mol. The summed E-state index contributed by atoms with van der Waals surface area (Å²) in [6.07, 6.45) is 1.57. The Hall–Kier alpha value is -0.300. The largest absolute Gasteiger partial charge is 0.481 e. The minimum absolute atomic E-state index is 0.0208. The maximum Gasteiger partial charge on any atom is 0.304 e. The van der Waals surface area contributed by atoms with E-state index in [2.05, 4.69) is 12.6 Å². The number of carbonyl (C=O) groups is 1. The van der Waals surface area contributed by atoms with E-state index in [1.165, 1.54) is 0 Å². The quantitative estimate of drug-likeness (QED) is 0.434. The van der Waals surface area contributed by atoms with Crippen molar-refractivity contribution in [3.8, 4) is 0 Å². The molecule has 0 heterocycles. The zero-order valence-electron chi connectivity index (χ0n) is 10.5. The molecule has 0 aliphatic heterocycles. The fraction of sp³-hybridized carbons (Fsp3) is 0.909. The van der Waals surface area contributed by atoms with Gasteiger partial charge >= 0.3 is 5.97 Å². The number of carboxylic acids is 1. The van der Waals surface area contributed by atoms with Crippen LogP contribution in [0.15, 0.2) is 0 Å². The van der Waals surface area contributed by atoms with Crippen molar-refractivity contribution in [2.24, 2.45) is 5.41 Å². The van der Waals surface area contributed by atoms with Gasteiger partial charge in [0.1, 0.15) is 0 Å². The van der Waals surface area contributed by atoms with Crippen LogP contribution in [0.2, 0.25) is 0 Å². The summed E-state index contributed by atoms with van der Waals surface area (Å²) in [5, 5.41) is 34.2. The zero-order valence-corrected chi connectivity index (χ0v) is 11.4. The molecule has 0 saturated carbocycles. The zero-order chi connectivity index (χ0) is 13.9. The van der Waals surface area contributed by atoms with Gasteiger partial charge in [0, 0.05) is 10.7 Å². The Labute approximate surface area is 108 Å². The number of rotatable bonds is 7. The monoisotopic (exact) mass is 268 g/mol. The molecule has 0 amide bonds. The smallest absolute Gasteiger partial charge is 0.304 e. The van der Waals surface area contributed by atoms with E-state index < -0.39 is 11.4 Å². The van der Waals surface area contributed by atoms with Crippen LogP contribution in [0.4, 0.5) is 0 Å². The second kappa shape index (κ2) is 10.8. The SMILES string of the molecule is CCC(CO)(CO)CO.CCC(S)CC(=O)O. The predicted octanol–water partition coefficient (Wildman–Crippen LogP) is 0.529. The van der Waals surface area contributed by atoms with E-state index >= 15 is 0 Å². The van der Waals surface area contributed by atoms with Gasteiger partial charge < -0.3 is 20.4 Å². The summed E-state index contributed by atoms with van der Waals surface area (Å²) in [6, 6.07) is 0. The minimum atomic E-state index is -0.771. The number of aliphatic hydroxyl groups excluding tert-OH is 3. The first-order valence-corrected chi connectivity index (χ1v) is 6.15. The van der Waals surface area contributed by atoms with Crippen LogP contribution in [0.3, 0.4) is 0 Å². The Morgan fingerprint density at radius 2 is 1.59 bits per heavy atom. The predicted molar refractivity (Wildman–Crippen MR) is 69.3 cm³/mol. The highest BCUT2D eigenvalue weighted by Gasteiger charge is 2.24. The van der Waals surface area contributed by atoms with Crippen molar-refractivity contribution in [2.45, 2.75) is 38.4 Å². The molecule has 0 radical (unpaired) electrons. The van der Waals surface area contributed by atoms with Crippen LogP contribution in [-0.4, -0.2) is 51.5 Å². The van der Waals surface area contributed by atoms with Gasteiger partial charge in [-0.1, -0.05) is 13.8 Å². The molecule has 104 valence electrons. The lowest BCUT2D eigenvalue weighted by molar-refractivity contribution is -0.136. The number of aliphatic hydroxyl groups is 3. The van der Waals surface area contributed by atoms with E-state index in [9.17, 15) is 4.79 Å². The third-order valence-corrected chi connectivity index (χ3v) is 3.19. The van der Waals surface area contributed by atoms with Gasteiger partial charge in [-0.2, -0.15) is 12.6 Å². The molecule has 0 aromatic heterocycles. The lowest BCUT2D eigenvalue weighted by atomic mass is 9.88. The molecule has 0 aliphatic rings. The number of hydrogen-bond acceptors (Lipinski definition) is 5. The molecule has 1 unspecified atom stereocenters. The van der Waals surface area contributed by atoms with E-state index in [0.717, 1.165) is 6.42 Å². The van der Waals surface area contributed by atoms with Crippen LogP contribution in [0.1, 0.15) is 33.1 Å². The first-order valence-electron chi connectivity index (χ1n) is 5.63. The van der Waals surface area contributed by atoms with Gasteiger partial charge in [0.25, 0.3) is 0 Å². The van der Waals surface area contributed by atoms with Crippen molar-refractivity contribution in [2.75, 3.05) is 19.8 Å². The van der Waals surface area contributed by atoms with Gasteiger partial charge in [-0.25, -0.2) is 0 Å². The van der Waals surface area contributed by atoms with Crippen LogP contribution in [0.5, 0.6) is 0 Å². The number of aliphatic carboxylic acids is 1. The van der Waals surface area contributed by atoms with Gasteiger partial charge in [0.15, 0.2) is 0 Å². The van der Waals surface area contributed by atoms with Gasteiger partial charge in [-0.15, -0.1) is 0 Å². The Kier molecular flexibility index (Phi) is 12.1. The number of thiol groups is 1. The summed E-state index contributed by atoms with van der Waals surface area (Å²) in [5.74, 6) is -0.771. The standard InChI is InChI=1S/C6H14O3.C5H10O2S/c1-2-6(3-7,4-8)5-9;1-2-4(8)3-5(6)7/h7-9H,2-5H2,1H3;4,8H,2-3H2,1H3,(H,6,7). The number of carboxylic acid groups (broad SMARTS) is 1. The molecule has 17 heavy (non-hydrogen) atoms. The van der Waals surface area contributed by atoms with Crippen molar-refractivity contribution >= 4 is 18.6 Å². The molecule has 0 fully saturated rings. The third kappa shape index (κ3) is 9.41. The van der Waals surface area contributed by atoms with E-state index in [1.807, 2.05) is 13.8 Å². The lowest BCUT2D eigenvalue weighted by Crippen LogP contribution is -2.32. The molecule has 1 atom stereocenters. The Bertz CT molecular complexity index is 177. The van der Waals surface area contributed by atoms with Crippen molar-refractivity contribution < 1.29 is 25.2 Å². The maximum absolute atomic E-state index is 9.92. The first kappa shape index (κ1) is 19.0. The average Bonchev–Trinajstić information content (AvgIpc) is 2.33. The van der Waals surface area contributed by atoms with Crippen LogP contribution in [0, 0.1) is 5.41 Å². The first-order chi connectivity index (χ1) is 7.91. The molecule has 6 heteroatoms. The minimum Gasteiger partial charge on any atom is -0.481 e. The van der Waals surface area contributed by atoms with Gasteiger partial charge in [-0.05, 0) is 12.8 Å². The Balaban J connectivity index is 0. The lowest BCUT2D eigenvalue weighted by Gasteiger charge is -2.24. The molecule has 0 aromatic rings. The van der Waals surface area contributed by atoms with Crippen molar-refractivity contribution in [1.82, 2.24) is 0 Å². The van der Waals surface area contributed by atoms with Crippen molar-refractivity contribution in [1.29, 1.82) is 0 Å². The molecule has 0 aliphatic carbocycles. The molecule has 0 aromatic carbocycles. The Morgan fingerprint density at radius 1 is 1.18 bits per heavy atom. The van der Waals surface area contributed by atoms with Crippen LogP contribution < -0.4 is 0 Å². The third-order valence-electron chi connectivity index (χ3n) is 2.64. The second-order valence-corrected chi connectivity index (χ2v) is 4.72. The van der Waals surface area contributed by atoms with Crippen LogP contribution in [-0.2, 0) is 4.79 Å². The molecule has 0 spiro atoms. The van der Waals surface area contributed by atoms with Crippen LogP contribution >= 0.6 is 12.6 Å². The molecular weight excluding hydrogens is 244 g/mol. The summed E-state index contributed by atoms with van der Waals surface area (Å²) in [7, 11) is 0. The van der Waals surface area contributed by atoms with E-state index in [-0.39, 0.29) is 31.5 Å². The van der Waals surface area contributed by atoms with Crippen molar-refractivity contribution in [3.05, 3.63) is 0 Å². The topological polar surface area (TPSA) is 98.0 Å². The molecular formula is C11H24O5S. The van der Waals surface area contributed by atoms with E-state index in [4.69, 9.17) is 20.4 Å². The summed E-state index contributed by atoms with van der Waals surface area (Å²) < 4.78 is 0. The summed E-state index contributed by atoms with van der Waals surface area (Å²) in [6.45, 7) is 3.27. The van der Waals surface area contributed by atoms with Crippen LogP contribution in [0.25, 0.3) is 0 Å². The summed E-state index contributed by atoms with van der Waals surface area (Å²) >= 11 is 3.99. The van der Waals surface area contributed by atoms with E-state index in [0.29, 0.717) is 6.42 Å². The van der Waals surface area contributed by atoms with Gasteiger partial charge in [-0.3, -0.25) is 4.79 Å². The summed E-state index contributed by atoms with van der Waals surface area (Å²) in [5.41, 5.74) is -0.667. The molecule has 4 N–H and O–H groups in total. The maximum atomic E-state index is 9.92. The highest BCUT2D eigenvalue weighted by atomic mass is 32.1. The van der Waals surface area contributed by atoms with Gasteiger partial charge in [0.05, 0.1) is 26.2 Å². The molecule has 5 nitrogen and oxygen atoms in total. The highest BCUT2D eigenvalue weighted by Crippen LogP contribution is 2.18. The fourth-order valence-corrected chi connectivity index (χ4v) is 0.988. The van der Waals surface area contributed by atoms with Crippen molar-refractivity contribution in [3.63, 3.8) is 0 Å². The fourth-order valence-electron chi connectivity index (χ4n) is 0.831. The normalized spacial score (nSPS) is 12.6. The van der Waals surface area contributed by atoms with E-state index in [1.54, 1.807) is 0 Å². The second-order valence-electron chi connectivity index (χ2n) is 3.99.